The number of carbonyl (C=O) groups is 1. The lowest BCUT2D eigenvalue weighted by atomic mass is 10.3. The predicted octanol–water partition coefficient (Wildman–Crippen LogP) is -0.122. The molecule has 5 heteroatoms. The van der Waals surface area contributed by atoms with E-state index in [-0.39, 0.29) is 5.91 Å². The fourth-order valence-corrected chi connectivity index (χ4v) is 0.719. The van der Waals surface area contributed by atoms with E-state index in [2.05, 4.69) is 20.6 Å². The summed E-state index contributed by atoms with van der Waals surface area (Å²) in [6, 6.07) is 0. The topological polar surface area (TPSA) is 66.9 Å². The van der Waals surface area contributed by atoms with Crippen LogP contribution in [0, 0.1) is 0 Å². The molecule has 1 aromatic rings. The van der Waals surface area contributed by atoms with Crippen LogP contribution in [-0.2, 0) is 0 Å². The van der Waals surface area contributed by atoms with Crippen molar-refractivity contribution in [3.63, 3.8) is 0 Å². The Kier molecular flexibility index (Phi) is 2.57. The van der Waals surface area contributed by atoms with Crippen LogP contribution in [0.15, 0.2) is 12.4 Å². The zero-order chi connectivity index (χ0) is 8.97. The first-order valence-electron chi connectivity index (χ1n) is 3.50. The van der Waals surface area contributed by atoms with E-state index in [1.54, 1.807) is 14.1 Å². The van der Waals surface area contributed by atoms with Crippen molar-refractivity contribution in [1.29, 1.82) is 0 Å². The quantitative estimate of drug-likeness (QED) is 0.642. The van der Waals surface area contributed by atoms with E-state index >= 15 is 0 Å². The molecular formula is C7H10N4O. The number of rotatable bonds is 2. The lowest BCUT2D eigenvalue weighted by Gasteiger charge is -1.99. The average molecular weight is 166 g/mol. The summed E-state index contributed by atoms with van der Waals surface area (Å²) >= 11 is 0. The summed E-state index contributed by atoms with van der Waals surface area (Å²) < 4.78 is 0. The Morgan fingerprint density at radius 2 is 1.92 bits per heavy atom. The van der Waals surface area contributed by atoms with E-state index in [4.69, 9.17) is 0 Å². The molecule has 5 nitrogen and oxygen atoms in total. The Balaban J connectivity index is 2.84. The summed E-state index contributed by atoms with van der Waals surface area (Å²) in [4.78, 5) is 18.8. The number of nitrogens with one attached hydrogen (secondary N) is 2. The summed E-state index contributed by atoms with van der Waals surface area (Å²) in [7, 11) is 3.28. The standard InChI is InChI=1S/C7H10N4O/c1-8-6(12)5-3-10-7(9-2)11-4-5/h3-4H,1-2H3,(H,8,12)(H,9,10,11). The Morgan fingerprint density at radius 1 is 1.33 bits per heavy atom. The van der Waals surface area contributed by atoms with E-state index in [9.17, 15) is 4.79 Å². The largest absolute Gasteiger partial charge is 0.357 e. The molecule has 0 fully saturated rings. The molecule has 64 valence electrons. The highest BCUT2D eigenvalue weighted by molar-refractivity contribution is 5.93. The third-order valence-electron chi connectivity index (χ3n) is 1.36. The Labute approximate surface area is 70.2 Å². The number of anilines is 1. The molecule has 0 aliphatic carbocycles. The molecule has 0 aliphatic rings. The van der Waals surface area contributed by atoms with Gasteiger partial charge in [0.2, 0.25) is 5.95 Å². The molecule has 0 unspecified atom stereocenters. The molecule has 1 amide bonds. The minimum absolute atomic E-state index is 0.183. The van der Waals surface area contributed by atoms with Crippen LogP contribution in [0.1, 0.15) is 10.4 Å². The molecule has 0 saturated heterocycles. The third-order valence-corrected chi connectivity index (χ3v) is 1.36. The first kappa shape index (κ1) is 8.45. The normalized spacial score (nSPS) is 9.17. The van der Waals surface area contributed by atoms with Crippen LogP contribution < -0.4 is 10.6 Å². The van der Waals surface area contributed by atoms with Crippen LogP contribution in [0.5, 0.6) is 0 Å². The second kappa shape index (κ2) is 3.66. The van der Waals surface area contributed by atoms with Gasteiger partial charge in [0, 0.05) is 26.5 Å². The van der Waals surface area contributed by atoms with Crippen molar-refractivity contribution < 1.29 is 4.79 Å². The van der Waals surface area contributed by atoms with E-state index < -0.39 is 0 Å². The van der Waals surface area contributed by atoms with Gasteiger partial charge < -0.3 is 10.6 Å². The molecule has 0 aromatic carbocycles. The Hall–Kier alpha value is -1.65. The van der Waals surface area contributed by atoms with Gasteiger partial charge in [-0.1, -0.05) is 0 Å². The molecule has 0 spiro atoms. The van der Waals surface area contributed by atoms with Gasteiger partial charge in [0.05, 0.1) is 5.56 Å². The number of hydrogen-bond donors (Lipinski definition) is 2. The molecule has 0 radical (unpaired) electrons. The van der Waals surface area contributed by atoms with Crippen molar-refractivity contribution in [1.82, 2.24) is 15.3 Å². The number of carbonyl (C=O) groups excluding carboxylic acids is 1. The first-order valence-corrected chi connectivity index (χ1v) is 3.50. The fourth-order valence-electron chi connectivity index (χ4n) is 0.719. The van der Waals surface area contributed by atoms with Gasteiger partial charge in [-0.05, 0) is 0 Å². The predicted molar refractivity (Wildman–Crippen MR) is 45.0 cm³/mol. The fraction of sp³-hybridized carbons (Fsp3) is 0.286. The van der Waals surface area contributed by atoms with Crippen LogP contribution in [0.25, 0.3) is 0 Å². The molecule has 1 aromatic heterocycles. The van der Waals surface area contributed by atoms with Crippen molar-refractivity contribution in [3.05, 3.63) is 18.0 Å². The highest BCUT2D eigenvalue weighted by Gasteiger charge is 2.02. The van der Waals surface area contributed by atoms with Crippen LogP contribution in [0.2, 0.25) is 0 Å². The van der Waals surface area contributed by atoms with Crippen molar-refractivity contribution in [3.8, 4) is 0 Å². The van der Waals surface area contributed by atoms with Crippen LogP contribution in [-0.4, -0.2) is 30.0 Å². The zero-order valence-corrected chi connectivity index (χ0v) is 6.96. The summed E-state index contributed by atoms with van der Waals surface area (Å²) in [6.45, 7) is 0. The molecule has 12 heavy (non-hydrogen) atoms. The Bertz CT molecular complexity index is 269. The molecule has 0 aliphatic heterocycles. The molecule has 2 N–H and O–H groups in total. The van der Waals surface area contributed by atoms with E-state index in [1.165, 1.54) is 12.4 Å². The van der Waals surface area contributed by atoms with Gasteiger partial charge in [0.25, 0.3) is 5.91 Å². The molecule has 1 rings (SSSR count). The molecule has 0 atom stereocenters. The van der Waals surface area contributed by atoms with Crippen LogP contribution in [0.3, 0.4) is 0 Å². The second-order valence-corrected chi connectivity index (χ2v) is 2.12. The summed E-state index contributed by atoms with van der Waals surface area (Å²) in [5, 5.41) is 5.24. The van der Waals surface area contributed by atoms with Crippen molar-refractivity contribution in [2.75, 3.05) is 19.4 Å². The van der Waals surface area contributed by atoms with Crippen LogP contribution in [0.4, 0.5) is 5.95 Å². The van der Waals surface area contributed by atoms with Crippen molar-refractivity contribution in [2.24, 2.45) is 0 Å². The second-order valence-electron chi connectivity index (χ2n) is 2.12. The average Bonchev–Trinajstić information content (AvgIpc) is 2.17. The van der Waals surface area contributed by atoms with Gasteiger partial charge in [0.1, 0.15) is 0 Å². The number of aromatic nitrogens is 2. The highest BCUT2D eigenvalue weighted by atomic mass is 16.1. The van der Waals surface area contributed by atoms with E-state index in [1.807, 2.05) is 0 Å². The Morgan fingerprint density at radius 3 is 2.33 bits per heavy atom. The molecule has 0 saturated carbocycles. The van der Waals surface area contributed by atoms with Gasteiger partial charge in [-0.3, -0.25) is 4.79 Å². The maximum atomic E-state index is 11.0. The van der Waals surface area contributed by atoms with Gasteiger partial charge >= 0.3 is 0 Å². The lowest BCUT2D eigenvalue weighted by molar-refractivity contribution is 0.0962. The van der Waals surface area contributed by atoms with Gasteiger partial charge in [-0.25, -0.2) is 9.97 Å². The maximum Gasteiger partial charge on any atom is 0.254 e. The minimum atomic E-state index is -0.183. The molecular weight excluding hydrogens is 156 g/mol. The van der Waals surface area contributed by atoms with Gasteiger partial charge in [-0.15, -0.1) is 0 Å². The summed E-state index contributed by atoms with van der Waals surface area (Å²) in [5.41, 5.74) is 0.455. The smallest absolute Gasteiger partial charge is 0.254 e. The minimum Gasteiger partial charge on any atom is -0.357 e. The SMILES string of the molecule is CNC(=O)c1cnc(NC)nc1. The van der Waals surface area contributed by atoms with E-state index in [0.29, 0.717) is 11.5 Å². The lowest BCUT2D eigenvalue weighted by Crippen LogP contribution is -2.18. The van der Waals surface area contributed by atoms with E-state index in [0.717, 1.165) is 0 Å². The number of amides is 1. The third kappa shape index (κ3) is 1.69. The van der Waals surface area contributed by atoms with Crippen molar-refractivity contribution in [2.45, 2.75) is 0 Å². The summed E-state index contributed by atoms with van der Waals surface area (Å²) in [6.07, 6.45) is 2.94. The molecule has 0 bridgehead atoms. The summed E-state index contributed by atoms with van der Waals surface area (Å²) in [5.74, 6) is 0.320. The van der Waals surface area contributed by atoms with Gasteiger partial charge in [0.15, 0.2) is 0 Å². The zero-order valence-electron chi connectivity index (χ0n) is 6.96. The highest BCUT2D eigenvalue weighted by Crippen LogP contribution is 1.98. The maximum absolute atomic E-state index is 11.0. The molecule has 1 heterocycles. The number of nitrogens with zero attached hydrogens (tertiary/aromatic N) is 2. The monoisotopic (exact) mass is 166 g/mol. The van der Waals surface area contributed by atoms with Gasteiger partial charge in [-0.2, -0.15) is 0 Å². The first-order chi connectivity index (χ1) is 5.77. The van der Waals surface area contributed by atoms with Crippen molar-refractivity contribution >= 4 is 11.9 Å². The number of hydrogen-bond acceptors (Lipinski definition) is 4. The van der Waals surface area contributed by atoms with Crippen LogP contribution >= 0.6 is 0 Å².